The Bertz CT molecular complexity index is 209. The fourth-order valence-electron chi connectivity index (χ4n) is 0.955. The molecule has 0 amide bonds. The summed E-state index contributed by atoms with van der Waals surface area (Å²) in [6.45, 7) is -2.97. The third-order valence-corrected chi connectivity index (χ3v) is 2.09. The van der Waals surface area contributed by atoms with Crippen molar-refractivity contribution in [3.63, 3.8) is 0 Å². The molecule has 78 valence electrons. The van der Waals surface area contributed by atoms with Crippen molar-refractivity contribution in [1.82, 2.24) is 5.06 Å². The van der Waals surface area contributed by atoms with E-state index in [9.17, 15) is 4.57 Å². The van der Waals surface area contributed by atoms with Crippen molar-refractivity contribution in [2.45, 2.75) is 6.29 Å². The zero-order valence-electron chi connectivity index (χ0n) is 7.05. The minimum atomic E-state index is -3.98. The molecule has 6 nitrogen and oxygen atoms in total. The lowest BCUT2D eigenvalue weighted by Gasteiger charge is -2.30. The summed E-state index contributed by atoms with van der Waals surface area (Å²) in [5.41, 5.74) is 0. The third kappa shape index (κ3) is 4.37. The van der Waals surface area contributed by atoms with Crippen molar-refractivity contribution in [3.8, 4) is 0 Å². The van der Waals surface area contributed by atoms with Gasteiger partial charge in [-0.2, -0.15) is 5.06 Å². The van der Waals surface area contributed by atoms with Crippen LogP contribution in [0.5, 0.6) is 0 Å². The van der Waals surface area contributed by atoms with E-state index in [0.29, 0.717) is 13.2 Å². The molecule has 0 aromatic rings. The molecule has 1 saturated heterocycles. The van der Waals surface area contributed by atoms with Crippen LogP contribution in [0, 0.1) is 0 Å². The number of halogens is 1. The second kappa shape index (κ2) is 4.70. The van der Waals surface area contributed by atoms with Crippen LogP contribution in [0.2, 0.25) is 0 Å². The van der Waals surface area contributed by atoms with Gasteiger partial charge in [-0.05, 0) is 0 Å². The molecule has 1 fully saturated rings. The minimum Gasteiger partial charge on any atom is -0.354 e. The molecule has 0 aromatic heterocycles. The Labute approximate surface area is 80.6 Å². The van der Waals surface area contributed by atoms with Gasteiger partial charge in [0.05, 0.1) is 13.2 Å². The highest BCUT2D eigenvalue weighted by Gasteiger charge is 2.26. The predicted octanol–water partition coefficient (Wildman–Crippen LogP) is 0.562. The summed E-state index contributed by atoms with van der Waals surface area (Å²) < 4.78 is 25.2. The lowest BCUT2D eigenvalue weighted by atomic mass is 10.5. The summed E-state index contributed by atoms with van der Waals surface area (Å²) in [6.07, 6.45) is -0.447. The van der Waals surface area contributed by atoms with Crippen LogP contribution in [0.4, 0.5) is 0 Å². The largest absolute Gasteiger partial charge is 0.438 e. The highest BCUT2D eigenvalue weighted by molar-refractivity contribution is 7.80. The number of rotatable bonds is 3. The van der Waals surface area contributed by atoms with E-state index in [1.165, 1.54) is 12.2 Å². The third-order valence-electron chi connectivity index (χ3n) is 1.48. The summed E-state index contributed by atoms with van der Waals surface area (Å²) in [5.74, 6) is 0. The summed E-state index contributed by atoms with van der Waals surface area (Å²) in [4.78, 5) is 8.70. The zero-order chi connectivity index (χ0) is 9.90. The number of methoxy groups -OCH3 is 1. The highest BCUT2D eigenvalue weighted by atomic mass is 35.7. The monoisotopic (exact) mass is 231 g/mol. The molecule has 2 atom stereocenters. The average Bonchev–Trinajstić information content (AvgIpc) is 2.01. The van der Waals surface area contributed by atoms with Gasteiger partial charge in [-0.15, -0.1) is 0 Å². The average molecular weight is 232 g/mol. The van der Waals surface area contributed by atoms with Gasteiger partial charge in [0.1, 0.15) is 0 Å². The Morgan fingerprint density at radius 1 is 1.77 bits per heavy atom. The SMILES string of the molecule is COC1CN(OP(=O)(O)Cl)CCO1. The molecule has 0 saturated carbocycles. The van der Waals surface area contributed by atoms with Gasteiger partial charge >= 0.3 is 6.95 Å². The van der Waals surface area contributed by atoms with E-state index in [1.807, 2.05) is 0 Å². The standard InChI is InChI=1S/C5H11ClNO5P/c1-10-5-4-7(2-3-11-5)12-13(6,8)9/h5H,2-4H2,1H3,(H,8,9). The number of hydroxylamine groups is 2. The summed E-state index contributed by atoms with van der Waals surface area (Å²) in [7, 11) is 1.48. The van der Waals surface area contributed by atoms with Gasteiger partial charge in [0.25, 0.3) is 0 Å². The molecule has 1 aliphatic rings. The van der Waals surface area contributed by atoms with Crippen molar-refractivity contribution in [2.24, 2.45) is 0 Å². The van der Waals surface area contributed by atoms with Crippen molar-refractivity contribution in [1.29, 1.82) is 0 Å². The fourth-order valence-corrected chi connectivity index (χ4v) is 1.65. The maximum atomic E-state index is 10.7. The number of ether oxygens (including phenoxy) is 2. The Balaban J connectivity index is 2.38. The Morgan fingerprint density at radius 2 is 2.46 bits per heavy atom. The number of hydrogen-bond acceptors (Lipinski definition) is 5. The summed E-state index contributed by atoms with van der Waals surface area (Å²) in [6, 6.07) is 0. The minimum absolute atomic E-state index is 0.258. The van der Waals surface area contributed by atoms with Gasteiger partial charge in [0, 0.05) is 24.9 Å². The van der Waals surface area contributed by atoms with E-state index in [0.717, 1.165) is 0 Å². The first kappa shape index (κ1) is 11.4. The zero-order valence-corrected chi connectivity index (χ0v) is 8.70. The van der Waals surface area contributed by atoms with Gasteiger partial charge < -0.3 is 14.4 Å². The van der Waals surface area contributed by atoms with E-state index in [-0.39, 0.29) is 6.54 Å². The maximum Gasteiger partial charge on any atom is 0.438 e. The van der Waals surface area contributed by atoms with E-state index >= 15 is 0 Å². The van der Waals surface area contributed by atoms with Gasteiger partial charge in [-0.3, -0.25) is 0 Å². The molecule has 0 bridgehead atoms. The first-order valence-electron chi connectivity index (χ1n) is 3.63. The van der Waals surface area contributed by atoms with Gasteiger partial charge in [0.2, 0.25) is 0 Å². The lowest BCUT2D eigenvalue weighted by Crippen LogP contribution is -2.42. The number of morpholine rings is 1. The van der Waals surface area contributed by atoms with Gasteiger partial charge in [-0.1, -0.05) is 0 Å². The van der Waals surface area contributed by atoms with Crippen LogP contribution in [0.1, 0.15) is 0 Å². The number of nitrogens with zero attached hydrogens (tertiary/aromatic N) is 1. The van der Waals surface area contributed by atoms with Crippen LogP contribution in [0.15, 0.2) is 0 Å². The molecular formula is C5H11ClNO5P. The van der Waals surface area contributed by atoms with Gasteiger partial charge in [-0.25, -0.2) is 9.19 Å². The fraction of sp³-hybridized carbons (Fsp3) is 1.00. The van der Waals surface area contributed by atoms with Crippen molar-refractivity contribution >= 4 is 18.2 Å². The molecule has 0 radical (unpaired) electrons. The molecule has 1 aliphatic heterocycles. The van der Waals surface area contributed by atoms with E-state index in [2.05, 4.69) is 4.62 Å². The highest BCUT2D eigenvalue weighted by Crippen LogP contribution is 2.48. The van der Waals surface area contributed by atoms with Crippen LogP contribution < -0.4 is 0 Å². The van der Waals surface area contributed by atoms with Crippen LogP contribution >= 0.6 is 18.2 Å². The summed E-state index contributed by atoms with van der Waals surface area (Å²) in [5, 5.41) is 1.26. The first-order chi connectivity index (χ1) is 6.01. The van der Waals surface area contributed by atoms with Crippen LogP contribution in [-0.2, 0) is 18.7 Å². The summed E-state index contributed by atoms with van der Waals surface area (Å²) >= 11 is 5.02. The van der Waals surface area contributed by atoms with E-state index in [1.54, 1.807) is 0 Å². The van der Waals surface area contributed by atoms with Crippen LogP contribution in [0.25, 0.3) is 0 Å². The second-order valence-corrected chi connectivity index (χ2v) is 4.80. The van der Waals surface area contributed by atoms with Crippen molar-refractivity contribution in [2.75, 3.05) is 26.8 Å². The van der Waals surface area contributed by atoms with Gasteiger partial charge in [0.15, 0.2) is 6.29 Å². The van der Waals surface area contributed by atoms with Crippen molar-refractivity contribution in [3.05, 3.63) is 0 Å². The molecule has 0 spiro atoms. The van der Waals surface area contributed by atoms with Crippen LogP contribution in [0.3, 0.4) is 0 Å². The molecule has 1 heterocycles. The molecule has 13 heavy (non-hydrogen) atoms. The Morgan fingerprint density at radius 3 is 3.00 bits per heavy atom. The molecule has 8 heteroatoms. The normalized spacial score (nSPS) is 29.9. The molecule has 1 N–H and O–H groups in total. The van der Waals surface area contributed by atoms with E-state index in [4.69, 9.17) is 25.6 Å². The number of hydrogen-bond donors (Lipinski definition) is 1. The smallest absolute Gasteiger partial charge is 0.354 e. The quantitative estimate of drug-likeness (QED) is 0.716. The molecule has 1 rings (SSSR count). The Kier molecular flexibility index (Phi) is 4.12. The van der Waals surface area contributed by atoms with E-state index < -0.39 is 13.2 Å². The molecule has 2 unspecified atom stereocenters. The molecule has 0 aliphatic carbocycles. The molecule has 0 aromatic carbocycles. The Hall–Kier alpha value is 0.320. The molecular weight excluding hydrogens is 220 g/mol. The topological polar surface area (TPSA) is 68.2 Å². The van der Waals surface area contributed by atoms with Crippen molar-refractivity contribution < 1.29 is 23.6 Å². The van der Waals surface area contributed by atoms with Crippen LogP contribution in [-0.4, -0.2) is 43.1 Å². The predicted molar refractivity (Wildman–Crippen MR) is 45.1 cm³/mol. The lowest BCUT2D eigenvalue weighted by molar-refractivity contribution is -0.221. The second-order valence-electron chi connectivity index (χ2n) is 2.46. The maximum absolute atomic E-state index is 10.7. The first-order valence-corrected chi connectivity index (χ1v) is 6.11.